The average Bonchev–Trinajstić information content (AvgIpc) is 2.87. The molecule has 7 heteroatoms. The quantitative estimate of drug-likeness (QED) is 0.761. The van der Waals surface area contributed by atoms with Crippen molar-refractivity contribution in [3.63, 3.8) is 0 Å². The SMILES string of the molecule is C=CC(=O)NC1COCC1Nc1ncc(C)c(N(C)C)n1. The Morgan fingerprint density at radius 2 is 2.19 bits per heavy atom. The third-order valence-electron chi connectivity index (χ3n) is 3.28. The lowest BCUT2D eigenvalue weighted by molar-refractivity contribution is -0.117. The van der Waals surface area contributed by atoms with Crippen LogP contribution >= 0.6 is 0 Å². The number of amides is 1. The fourth-order valence-corrected chi connectivity index (χ4v) is 2.20. The van der Waals surface area contributed by atoms with Crippen LogP contribution in [0.3, 0.4) is 0 Å². The minimum atomic E-state index is -0.212. The number of carbonyl (C=O) groups excluding carboxylic acids is 1. The Hall–Kier alpha value is -2.15. The van der Waals surface area contributed by atoms with Gasteiger partial charge in [-0.2, -0.15) is 4.98 Å². The van der Waals surface area contributed by atoms with Gasteiger partial charge in [0.05, 0.1) is 25.3 Å². The predicted molar refractivity (Wildman–Crippen MR) is 81.5 cm³/mol. The van der Waals surface area contributed by atoms with Crippen LogP contribution < -0.4 is 15.5 Å². The van der Waals surface area contributed by atoms with Crippen molar-refractivity contribution < 1.29 is 9.53 Å². The van der Waals surface area contributed by atoms with E-state index in [9.17, 15) is 4.79 Å². The summed E-state index contributed by atoms with van der Waals surface area (Å²) < 4.78 is 5.41. The van der Waals surface area contributed by atoms with Gasteiger partial charge in [-0.05, 0) is 13.0 Å². The van der Waals surface area contributed by atoms with Crippen molar-refractivity contribution in [2.75, 3.05) is 37.5 Å². The van der Waals surface area contributed by atoms with E-state index in [1.54, 1.807) is 6.20 Å². The van der Waals surface area contributed by atoms with Crippen LogP contribution in [-0.4, -0.2) is 55.3 Å². The van der Waals surface area contributed by atoms with Gasteiger partial charge in [-0.15, -0.1) is 0 Å². The second-order valence-electron chi connectivity index (χ2n) is 5.20. The summed E-state index contributed by atoms with van der Waals surface area (Å²) in [4.78, 5) is 22.1. The fourth-order valence-electron chi connectivity index (χ4n) is 2.20. The molecule has 0 radical (unpaired) electrons. The lowest BCUT2D eigenvalue weighted by atomic mass is 10.1. The summed E-state index contributed by atoms with van der Waals surface area (Å²) in [6, 6.07) is -0.185. The molecule has 0 aliphatic carbocycles. The van der Waals surface area contributed by atoms with Crippen LogP contribution in [0.4, 0.5) is 11.8 Å². The van der Waals surface area contributed by atoms with Crippen LogP contribution in [0.5, 0.6) is 0 Å². The van der Waals surface area contributed by atoms with E-state index in [0.29, 0.717) is 19.2 Å². The number of ether oxygens (including phenoxy) is 1. The van der Waals surface area contributed by atoms with Crippen molar-refractivity contribution in [3.05, 3.63) is 24.4 Å². The minimum Gasteiger partial charge on any atom is -0.377 e. The van der Waals surface area contributed by atoms with Gasteiger partial charge in [0.25, 0.3) is 0 Å². The molecule has 114 valence electrons. The molecule has 2 unspecified atom stereocenters. The molecule has 0 aromatic carbocycles. The van der Waals surface area contributed by atoms with Crippen LogP contribution in [0.15, 0.2) is 18.9 Å². The fraction of sp³-hybridized carbons (Fsp3) is 0.500. The number of hydrogen-bond donors (Lipinski definition) is 2. The molecule has 0 bridgehead atoms. The number of rotatable bonds is 5. The molecule has 2 N–H and O–H groups in total. The second kappa shape index (κ2) is 6.53. The molecule has 1 aliphatic rings. The largest absolute Gasteiger partial charge is 0.377 e. The molecule has 0 spiro atoms. The van der Waals surface area contributed by atoms with E-state index in [0.717, 1.165) is 11.4 Å². The van der Waals surface area contributed by atoms with Crippen LogP contribution in [0.2, 0.25) is 0 Å². The Morgan fingerprint density at radius 1 is 1.48 bits per heavy atom. The molecule has 1 aromatic heterocycles. The van der Waals surface area contributed by atoms with Gasteiger partial charge in [-0.25, -0.2) is 4.98 Å². The van der Waals surface area contributed by atoms with Gasteiger partial charge in [0, 0.05) is 25.9 Å². The lowest BCUT2D eigenvalue weighted by Crippen LogP contribution is -2.45. The lowest BCUT2D eigenvalue weighted by Gasteiger charge is -2.21. The summed E-state index contributed by atoms with van der Waals surface area (Å²) in [5.74, 6) is 1.17. The zero-order valence-corrected chi connectivity index (χ0v) is 12.6. The molecular formula is C14H21N5O2. The summed E-state index contributed by atoms with van der Waals surface area (Å²) in [6.07, 6.45) is 3.03. The highest BCUT2D eigenvalue weighted by atomic mass is 16.5. The second-order valence-corrected chi connectivity index (χ2v) is 5.20. The number of nitrogens with zero attached hydrogens (tertiary/aromatic N) is 3. The Kier molecular flexibility index (Phi) is 4.74. The molecule has 21 heavy (non-hydrogen) atoms. The standard InChI is InChI=1S/C14H21N5O2/c1-5-12(20)16-10-7-21-8-11(10)17-14-15-6-9(2)13(18-14)19(3)4/h5-6,10-11H,1,7-8H2,2-4H3,(H,16,20)(H,15,17,18). The number of carbonyl (C=O) groups is 1. The van der Waals surface area contributed by atoms with Crippen molar-refractivity contribution in [1.29, 1.82) is 0 Å². The Morgan fingerprint density at radius 3 is 2.86 bits per heavy atom. The summed E-state index contributed by atoms with van der Waals surface area (Å²) in [6.45, 7) is 6.37. The van der Waals surface area contributed by atoms with Crippen molar-refractivity contribution in [2.45, 2.75) is 19.0 Å². The van der Waals surface area contributed by atoms with Gasteiger partial charge in [0.1, 0.15) is 5.82 Å². The monoisotopic (exact) mass is 291 g/mol. The molecule has 7 nitrogen and oxygen atoms in total. The summed E-state index contributed by atoms with van der Waals surface area (Å²) >= 11 is 0. The Balaban J connectivity index is 2.08. The molecule has 1 amide bonds. The molecule has 1 fully saturated rings. The average molecular weight is 291 g/mol. The highest BCUT2D eigenvalue weighted by molar-refractivity contribution is 5.87. The normalized spacial score (nSPS) is 20.9. The number of nitrogens with one attached hydrogen (secondary N) is 2. The third kappa shape index (κ3) is 3.69. The van der Waals surface area contributed by atoms with Crippen molar-refractivity contribution in [1.82, 2.24) is 15.3 Å². The summed E-state index contributed by atoms with van der Waals surface area (Å²) in [5, 5.41) is 6.06. The number of aromatic nitrogens is 2. The molecule has 2 heterocycles. The highest BCUT2D eigenvalue weighted by Crippen LogP contribution is 2.17. The topological polar surface area (TPSA) is 79.4 Å². The first-order valence-corrected chi connectivity index (χ1v) is 6.79. The van der Waals surface area contributed by atoms with E-state index in [1.807, 2.05) is 25.9 Å². The van der Waals surface area contributed by atoms with Crippen LogP contribution in [-0.2, 0) is 9.53 Å². The molecule has 2 atom stereocenters. The van der Waals surface area contributed by atoms with Crippen LogP contribution in [0, 0.1) is 6.92 Å². The molecule has 1 saturated heterocycles. The smallest absolute Gasteiger partial charge is 0.243 e. The first-order chi connectivity index (χ1) is 10.0. The zero-order valence-electron chi connectivity index (χ0n) is 12.6. The van der Waals surface area contributed by atoms with Gasteiger partial charge < -0.3 is 20.3 Å². The number of anilines is 2. The molecule has 1 aromatic rings. The van der Waals surface area contributed by atoms with Gasteiger partial charge in [0.2, 0.25) is 11.9 Å². The third-order valence-corrected chi connectivity index (χ3v) is 3.28. The van der Waals surface area contributed by atoms with Gasteiger partial charge in [-0.1, -0.05) is 6.58 Å². The summed E-state index contributed by atoms with van der Waals surface area (Å²) in [5.41, 5.74) is 1.00. The van der Waals surface area contributed by atoms with Gasteiger partial charge in [-0.3, -0.25) is 4.79 Å². The van der Waals surface area contributed by atoms with Crippen LogP contribution in [0.25, 0.3) is 0 Å². The van der Waals surface area contributed by atoms with E-state index in [1.165, 1.54) is 6.08 Å². The maximum absolute atomic E-state index is 11.4. The molecular weight excluding hydrogens is 270 g/mol. The Bertz CT molecular complexity index is 532. The van der Waals surface area contributed by atoms with Gasteiger partial charge in [0.15, 0.2) is 0 Å². The van der Waals surface area contributed by atoms with Crippen LogP contribution in [0.1, 0.15) is 5.56 Å². The molecule has 0 saturated carbocycles. The molecule has 1 aliphatic heterocycles. The molecule has 2 rings (SSSR count). The van der Waals surface area contributed by atoms with Gasteiger partial charge >= 0.3 is 0 Å². The van der Waals surface area contributed by atoms with Crippen molar-refractivity contribution >= 4 is 17.7 Å². The maximum Gasteiger partial charge on any atom is 0.243 e. The van der Waals surface area contributed by atoms with Crippen molar-refractivity contribution in [3.8, 4) is 0 Å². The maximum atomic E-state index is 11.4. The van der Waals surface area contributed by atoms with E-state index in [2.05, 4.69) is 27.2 Å². The number of hydrogen-bond acceptors (Lipinski definition) is 6. The van der Waals surface area contributed by atoms with E-state index < -0.39 is 0 Å². The van der Waals surface area contributed by atoms with E-state index in [-0.39, 0.29) is 18.0 Å². The number of aryl methyl sites for hydroxylation is 1. The minimum absolute atomic E-state index is 0.0633. The van der Waals surface area contributed by atoms with E-state index in [4.69, 9.17) is 4.74 Å². The summed E-state index contributed by atoms with van der Waals surface area (Å²) in [7, 11) is 3.87. The first kappa shape index (κ1) is 15.2. The van der Waals surface area contributed by atoms with E-state index >= 15 is 0 Å². The Labute approximate surface area is 124 Å². The zero-order chi connectivity index (χ0) is 15.4. The highest BCUT2D eigenvalue weighted by Gasteiger charge is 2.29. The predicted octanol–water partition coefficient (Wildman–Crippen LogP) is 0.333. The van der Waals surface area contributed by atoms with Crippen molar-refractivity contribution in [2.24, 2.45) is 0 Å². The first-order valence-electron chi connectivity index (χ1n) is 6.79.